The van der Waals surface area contributed by atoms with E-state index >= 15 is 0 Å². The van der Waals surface area contributed by atoms with E-state index in [2.05, 4.69) is 10.3 Å². The van der Waals surface area contributed by atoms with Crippen LogP contribution in [0.2, 0.25) is 0 Å². The van der Waals surface area contributed by atoms with E-state index in [0.717, 1.165) is 5.56 Å². The number of carboxylic acids is 1. The summed E-state index contributed by atoms with van der Waals surface area (Å²) in [5.74, 6) is -2.94. The molecule has 1 aliphatic heterocycles. The Labute approximate surface area is 207 Å². The van der Waals surface area contributed by atoms with Gasteiger partial charge in [0.2, 0.25) is 0 Å². The Balaban J connectivity index is 1.67. The number of carbonyl (C=O) groups excluding carboxylic acids is 1. The number of hydrogen-bond donors (Lipinski definition) is 3. The number of aromatic carboxylic acids is 1. The summed E-state index contributed by atoms with van der Waals surface area (Å²) in [4.78, 5) is 30.4. The van der Waals surface area contributed by atoms with Crippen LogP contribution in [-0.4, -0.2) is 46.3 Å². The number of aryl methyl sites for hydroxylation is 1. The molecule has 8 nitrogen and oxygen atoms in total. The van der Waals surface area contributed by atoms with Gasteiger partial charge in [-0.2, -0.15) is 0 Å². The number of hydrogen-bond acceptors (Lipinski definition) is 7. The molecule has 0 saturated carbocycles. The molecular weight excluding hydrogens is 465 g/mol. The average Bonchev–Trinajstić information content (AvgIpc) is 3.16. The van der Waals surface area contributed by atoms with Crippen LogP contribution in [0.25, 0.3) is 22.6 Å². The number of carboxylic acid groups (broad SMARTS) is 1. The SMILES string of the molecule is CC(C)(C)OC(=O)C(c1oc2c(c1C(=O)O)CCc1cnc(-c3cccc(F)c3)cc1-2)C1(N)CNC1. The maximum Gasteiger partial charge on any atom is 0.339 e. The first-order valence-corrected chi connectivity index (χ1v) is 11.8. The number of nitrogens with two attached hydrogens (primary N) is 1. The summed E-state index contributed by atoms with van der Waals surface area (Å²) in [7, 11) is 0. The van der Waals surface area contributed by atoms with Crippen molar-refractivity contribution in [3.05, 3.63) is 64.8 Å². The van der Waals surface area contributed by atoms with E-state index in [-0.39, 0.29) is 17.1 Å². The number of ether oxygens (including phenoxy) is 1. The van der Waals surface area contributed by atoms with Crippen molar-refractivity contribution in [1.82, 2.24) is 10.3 Å². The molecule has 0 spiro atoms. The van der Waals surface area contributed by atoms with Gasteiger partial charge in [0.05, 0.1) is 11.2 Å². The summed E-state index contributed by atoms with van der Waals surface area (Å²) in [6.45, 7) is 5.85. The molecule has 0 amide bonds. The molecule has 188 valence electrons. The second kappa shape index (κ2) is 8.53. The maximum atomic E-state index is 13.8. The Bertz CT molecular complexity index is 1370. The standard InChI is InChI=1S/C27H28FN3O5/c1-26(2,3)36-25(34)21(27(29)12-30-13-27)23-20(24(32)33)17-8-7-15-11-31-19(10-18(15)22(17)35-23)14-5-4-6-16(28)9-14/h4-6,9-11,21,30H,7-8,12-13,29H2,1-3H3,(H,32,33). The molecule has 36 heavy (non-hydrogen) atoms. The number of carbonyl (C=O) groups is 2. The Morgan fingerprint density at radius 3 is 2.61 bits per heavy atom. The summed E-state index contributed by atoms with van der Waals surface area (Å²) < 4.78 is 25.8. The molecule has 3 heterocycles. The minimum absolute atomic E-state index is 0.00252. The number of pyridine rings is 1. The van der Waals surface area contributed by atoms with Gasteiger partial charge in [0, 0.05) is 36.0 Å². The average molecular weight is 494 g/mol. The molecule has 9 heteroatoms. The van der Waals surface area contributed by atoms with Gasteiger partial charge in [0.25, 0.3) is 0 Å². The van der Waals surface area contributed by atoms with Crippen molar-refractivity contribution in [3.8, 4) is 22.6 Å². The van der Waals surface area contributed by atoms with E-state index in [9.17, 15) is 19.1 Å². The van der Waals surface area contributed by atoms with Crippen LogP contribution in [-0.2, 0) is 22.4 Å². The number of rotatable bonds is 5. The van der Waals surface area contributed by atoms with Crippen molar-refractivity contribution in [2.75, 3.05) is 13.1 Å². The van der Waals surface area contributed by atoms with Crippen LogP contribution >= 0.6 is 0 Å². The smallest absolute Gasteiger partial charge is 0.339 e. The second-order valence-electron chi connectivity index (χ2n) is 10.5. The lowest BCUT2D eigenvalue weighted by molar-refractivity contribution is -0.159. The largest absolute Gasteiger partial charge is 0.478 e. The number of halogens is 1. The molecule has 2 aliphatic rings. The van der Waals surface area contributed by atoms with Crippen LogP contribution in [0.3, 0.4) is 0 Å². The van der Waals surface area contributed by atoms with Crippen LogP contribution in [0.5, 0.6) is 0 Å². The Morgan fingerprint density at radius 1 is 1.25 bits per heavy atom. The fraction of sp³-hybridized carbons (Fsp3) is 0.370. The highest BCUT2D eigenvalue weighted by atomic mass is 19.1. The molecule has 0 bridgehead atoms. The minimum Gasteiger partial charge on any atom is -0.478 e. The molecule has 1 unspecified atom stereocenters. The fourth-order valence-electron chi connectivity index (χ4n) is 4.92. The van der Waals surface area contributed by atoms with E-state index < -0.39 is 29.0 Å². The topological polar surface area (TPSA) is 128 Å². The lowest BCUT2D eigenvalue weighted by Gasteiger charge is -2.43. The monoisotopic (exact) mass is 493 g/mol. The van der Waals surface area contributed by atoms with Gasteiger partial charge >= 0.3 is 11.9 Å². The number of aromatic nitrogens is 1. The molecule has 1 saturated heterocycles. The second-order valence-corrected chi connectivity index (χ2v) is 10.5. The van der Waals surface area contributed by atoms with Gasteiger partial charge in [-0.05, 0) is 57.4 Å². The third-order valence-corrected chi connectivity index (χ3v) is 6.63. The first-order valence-electron chi connectivity index (χ1n) is 11.8. The van der Waals surface area contributed by atoms with Gasteiger partial charge < -0.3 is 25.3 Å². The summed E-state index contributed by atoms with van der Waals surface area (Å²) in [5, 5.41) is 13.3. The van der Waals surface area contributed by atoms with Gasteiger partial charge in [-0.3, -0.25) is 9.78 Å². The number of nitrogens with zero attached hydrogens (tertiary/aromatic N) is 1. The normalized spacial score (nSPS) is 16.9. The highest BCUT2D eigenvalue weighted by Gasteiger charge is 2.51. The van der Waals surface area contributed by atoms with E-state index in [1.807, 2.05) is 0 Å². The molecule has 5 rings (SSSR count). The summed E-state index contributed by atoms with van der Waals surface area (Å²) in [6, 6.07) is 7.86. The lowest BCUT2D eigenvalue weighted by atomic mass is 9.76. The summed E-state index contributed by atoms with van der Waals surface area (Å²) in [6.07, 6.45) is 2.66. The van der Waals surface area contributed by atoms with Gasteiger partial charge in [-0.25, -0.2) is 9.18 Å². The predicted octanol–water partition coefficient (Wildman–Crippen LogP) is 3.67. The van der Waals surface area contributed by atoms with Crippen LogP contribution in [0.1, 0.15) is 53.9 Å². The van der Waals surface area contributed by atoms with Crippen LogP contribution in [0, 0.1) is 5.82 Å². The van der Waals surface area contributed by atoms with Crippen LogP contribution < -0.4 is 11.1 Å². The highest BCUT2D eigenvalue weighted by molar-refractivity contribution is 5.96. The van der Waals surface area contributed by atoms with Crippen molar-refractivity contribution < 1.29 is 28.2 Å². The van der Waals surface area contributed by atoms with Gasteiger partial charge in [-0.1, -0.05) is 12.1 Å². The maximum absolute atomic E-state index is 13.8. The number of esters is 1. The van der Waals surface area contributed by atoms with Crippen molar-refractivity contribution in [1.29, 1.82) is 0 Å². The lowest BCUT2D eigenvalue weighted by Crippen LogP contribution is -2.70. The Hall–Kier alpha value is -3.56. The molecule has 1 aliphatic carbocycles. The van der Waals surface area contributed by atoms with E-state index in [4.69, 9.17) is 14.9 Å². The van der Waals surface area contributed by atoms with Crippen LogP contribution in [0.4, 0.5) is 4.39 Å². The predicted molar refractivity (Wildman–Crippen MR) is 130 cm³/mol. The third-order valence-electron chi connectivity index (χ3n) is 6.63. The third kappa shape index (κ3) is 4.18. The number of fused-ring (bicyclic) bond motifs is 3. The molecule has 4 N–H and O–H groups in total. The summed E-state index contributed by atoms with van der Waals surface area (Å²) in [5.41, 5.74) is 7.84. The quantitative estimate of drug-likeness (QED) is 0.460. The zero-order valence-corrected chi connectivity index (χ0v) is 20.4. The molecular formula is C27H28FN3O5. The van der Waals surface area contributed by atoms with Crippen molar-refractivity contribution in [3.63, 3.8) is 0 Å². The first-order chi connectivity index (χ1) is 17.0. The molecule has 3 aromatic rings. The number of nitrogens with one attached hydrogen (secondary N) is 1. The zero-order chi connectivity index (χ0) is 25.8. The number of furan rings is 1. The van der Waals surface area contributed by atoms with Crippen molar-refractivity contribution >= 4 is 11.9 Å². The van der Waals surface area contributed by atoms with E-state index in [1.54, 1.807) is 45.2 Å². The van der Waals surface area contributed by atoms with E-state index in [0.29, 0.717) is 54.1 Å². The fourth-order valence-corrected chi connectivity index (χ4v) is 4.92. The minimum atomic E-state index is -1.19. The van der Waals surface area contributed by atoms with Crippen molar-refractivity contribution in [2.24, 2.45) is 5.73 Å². The molecule has 1 atom stereocenters. The molecule has 1 fully saturated rings. The highest BCUT2D eigenvalue weighted by Crippen LogP contribution is 2.44. The zero-order valence-electron chi connectivity index (χ0n) is 20.4. The Kier molecular flexibility index (Phi) is 5.72. The van der Waals surface area contributed by atoms with Gasteiger partial charge in [0.15, 0.2) is 0 Å². The Morgan fingerprint density at radius 2 is 2.00 bits per heavy atom. The molecule has 2 aromatic heterocycles. The van der Waals surface area contributed by atoms with Crippen molar-refractivity contribution in [2.45, 2.75) is 50.7 Å². The molecule has 0 radical (unpaired) electrons. The first kappa shape index (κ1) is 24.1. The van der Waals surface area contributed by atoms with Gasteiger partial charge in [-0.15, -0.1) is 0 Å². The number of benzene rings is 1. The van der Waals surface area contributed by atoms with E-state index in [1.165, 1.54) is 12.1 Å². The van der Waals surface area contributed by atoms with Crippen LogP contribution in [0.15, 0.2) is 40.9 Å². The summed E-state index contributed by atoms with van der Waals surface area (Å²) >= 11 is 0. The van der Waals surface area contributed by atoms with Gasteiger partial charge in [0.1, 0.15) is 34.4 Å². The molecule has 1 aromatic carbocycles.